The zero-order valence-electron chi connectivity index (χ0n) is 18.8. The van der Waals surface area contributed by atoms with Crippen LogP contribution in [0, 0.1) is 0 Å². The van der Waals surface area contributed by atoms with Gasteiger partial charge in [-0.05, 0) is 50.6 Å². The highest BCUT2D eigenvalue weighted by atomic mass is 16.7. The minimum absolute atomic E-state index is 0.162. The Morgan fingerprint density at radius 1 is 1.09 bits per heavy atom. The van der Waals surface area contributed by atoms with Gasteiger partial charge in [-0.3, -0.25) is 0 Å². The van der Waals surface area contributed by atoms with Gasteiger partial charge in [-0.15, -0.1) is 0 Å². The lowest BCUT2D eigenvalue weighted by Crippen LogP contribution is -2.25. The van der Waals surface area contributed by atoms with Crippen LogP contribution in [0.25, 0.3) is 5.76 Å². The molecule has 2 heterocycles. The third-order valence-electron chi connectivity index (χ3n) is 5.17. The van der Waals surface area contributed by atoms with Crippen molar-refractivity contribution in [2.24, 2.45) is 0 Å². The van der Waals surface area contributed by atoms with E-state index in [4.69, 9.17) is 28.4 Å². The molecule has 0 spiro atoms. The standard InChI is InChI=1S/C25H28O7/c1-5-6-11-28-17-8-10-19-18(13-17)24(31-15(2)3)22(25(26)27-4)23(32-19)16-7-9-20-21(12-16)30-14-29-20/h7-10,12-13,15,23H,5-6,11,14H2,1-4H3. The second kappa shape index (κ2) is 9.42. The summed E-state index contributed by atoms with van der Waals surface area (Å²) in [6.45, 7) is 6.71. The summed E-state index contributed by atoms with van der Waals surface area (Å²) < 4.78 is 34.4. The Labute approximate surface area is 187 Å². The molecule has 2 aliphatic rings. The fourth-order valence-corrected chi connectivity index (χ4v) is 3.65. The molecule has 7 nitrogen and oxygen atoms in total. The van der Waals surface area contributed by atoms with Crippen LogP contribution in [0.1, 0.15) is 50.8 Å². The summed E-state index contributed by atoms with van der Waals surface area (Å²) in [6.07, 6.45) is 1.10. The summed E-state index contributed by atoms with van der Waals surface area (Å²) in [5, 5.41) is 0. The molecule has 32 heavy (non-hydrogen) atoms. The normalized spacial score (nSPS) is 16.5. The molecule has 4 rings (SSSR count). The third-order valence-corrected chi connectivity index (χ3v) is 5.17. The lowest BCUT2D eigenvalue weighted by molar-refractivity contribution is -0.137. The lowest BCUT2D eigenvalue weighted by Gasteiger charge is -2.31. The van der Waals surface area contributed by atoms with Crippen molar-refractivity contribution in [1.29, 1.82) is 0 Å². The van der Waals surface area contributed by atoms with Crippen molar-refractivity contribution in [3.8, 4) is 23.0 Å². The average molecular weight is 440 g/mol. The van der Waals surface area contributed by atoms with Crippen molar-refractivity contribution in [1.82, 2.24) is 0 Å². The first kappa shape index (κ1) is 21.9. The Kier molecular flexibility index (Phi) is 6.44. The van der Waals surface area contributed by atoms with E-state index in [-0.39, 0.29) is 12.9 Å². The smallest absolute Gasteiger partial charge is 0.341 e. The first-order chi connectivity index (χ1) is 15.5. The summed E-state index contributed by atoms with van der Waals surface area (Å²) in [6, 6.07) is 11.0. The van der Waals surface area contributed by atoms with Crippen LogP contribution in [0.5, 0.6) is 23.0 Å². The number of fused-ring (bicyclic) bond motifs is 2. The first-order valence-corrected chi connectivity index (χ1v) is 10.8. The van der Waals surface area contributed by atoms with Crippen LogP contribution in [-0.4, -0.2) is 32.6 Å². The van der Waals surface area contributed by atoms with Crippen LogP contribution < -0.4 is 18.9 Å². The van der Waals surface area contributed by atoms with Crippen LogP contribution >= 0.6 is 0 Å². The molecule has 0 radical (unpaired) electrons. The van der Waals surface area contributed by atoms with Gasteiger partial charge in [0.05, 0.1) is 25.4 Å². The van der Waals surface area contributed by atoms with E-state index in [1.165, 1.54) is 7.11 Å². The van der Waals surface area contributed by atoms with Crippen molar-refractivity contribution in [3.63, 3.8) is 0 Å². The minimum Gasteiger partial charge on any atom is -0.494 e. The highest BCUT2D eigenvalue weighted by Crippen LogP contribution is 2.46. The third kappa shape index (κ3) is 4.33. The zero-order chi connectivity index (χ0) is 22.7. The van der Waals surface area contributed by atoms with Gasteiger partial charge in [0, 0.05) is 5.56 Å². The number of unbranched alkanes of at least 4 members (excludes halogenated alkanes) is 1. The van der Waals surface area contributed by atoms with Crippen LogP contribution in [0.15, 0.2) is 42.0 Å². The van der Waals surface area contributed by atoms with Gasteiger partial charge in [0.15, 0.2) is 17.6 Å². The number of hydrogen-bond acceptors (Lipinski definition) is 7. The van der Waals surface area contributed by atoms with E-state index < -0.39 is 12.1 Å². The van der Waals surface area contributed by atoms with Crippen LogP contribution in [0.2, 0.25) is 0 Å². The minimum atomic E-state index is -0.731. The van der Waals surface area contributed by atoms with Crippen LogP contribution in [0.4, 0.5) is 0 Å². The Balaban J connectivity index is 1.81. The number of esters is 1. The summed E-state index contributed by atoms with van der Waals surface area (Å²) in [5.74, 6) is 2.45. The molecule has 1 unspecified atom stereocenters. The molecular formula is C25H28O7. The molecule has 0 aliphatic carbocycles. The number of benzene rings is 2. The molecule has 0 fully saturated rings. The topological polar surface area (TPSA) is 72.5 Å². The van der Waals surface area contributed by atoms with Gasteiger partial charge in [0.2, 0.25) is 6.79 Å². The molecule has 0 bridgehead atoms. The van der Waals surface area contributed by atoms with Gasteiger partial charge in [0.25, 0.3) is 0 Å². The van der Waals surface area contributed by atoms with Crippen molar-refractivity contribution in [2.45, 2.75) is 45.8 Å². The lowest BCUT2D eigenvalue weighted by atomic mass is 9.94. The fraction of sp³-hybridized carbons (Fsp3) is 0.400. The summed E-state index contributed by atoms with van der Waals surface area (Å²) in [4.78, 5) is 13.0. The van der Waals surface area contributed by atoms with Gasteiger partial charge in [0.1, 0.15) is 22.8 Å². The fourth-order valence-electron chi connectivity index (χ4n) is 3.65. The Bertz CT molecular complexity index is 1020. The predicted octanol–water partition coefficient (Wildman–Crippen LogP) is 5.04. The van der Waals surface area contributed by atoms with E-state index >= 15 is 0 Å². The highest BCUT2D eigenvalue weighted by Gasteiger charge is 2.37. The molecule has 170 valence electrons. The quantitative estimate of drug-likeness (QED) is 0.421. The number of ether oxygens (including phenoxy) is 6. The second-order valence-electron chi connectivity index (χ2n) is 7.87. The highest BCUT2D eigenvalue weighted by molar-refractivity contribution is 5.99. The van der Waals surface area contributed by atoms with E-state index in [1.54, 1.807) is 6.07 Å². The molecule has 0 amide bonds. The van der Waals surface area contributed by atoms with E-state index in [0.29, 0.717) is 46.5 Å². The zero-order valence-corrected chi connectivity index (χ0v) is 18.8. The number of carbonyl (C=O) groups is 1. The monoisotopic (exact) mass is 440 g/mol. The Morgan fingerprint density at radius 2 is 1.88 bits per heavy atom. The van der Waals surface area contributed by atoms with Crippen molar-refractivity contribution in [2.75, 3.05) is 20.5 Å². The summed E-state index contributed by atoms with van der Waals surface area (Å²) in [5.41, 5.74) is 1.68. The van der Waals surface area contributed by atoms with E-state index in [9.17, 15) is 4.79 Å². The van der Waals surface area contributed by atoms with Gasteiger partial charge in [-0.25, -0.2) is 4.79 Å². The molecule has 0 saturated carbocycles. The van der Waals surface area contributed by atoms with Crippen molar-refractivity contribution >= 4 is 11.7 Å². The van der Waals surface area contributed by atoms with Gasteiger partial charge in [-0.2, -0.15) is 0 Å². The van der Waals surface area contributed by atoms with E-state index in [2.05, 4.69) is 6.92 Å². The molecule has 2 aromatic rings. The molecule has 1 atom stereocenters. The summed E-state index contributed by atoms with van der Waals surface area (Å²) in [7, 11) is 1.35. The molecule has 0 N–H and O–H groups in total. The first-order valence-electron chi connectivity index (χ1n) is 10.8. The number of methoxy groups -OCH3 is 1. The van der Waals surface area contributed by atoms with E-state index in [1.807, 2.05) is 44.2 Å². The average Bonchev–Trinajstić information content (AvgIpc) is 3.26. The van der Waals surface area contributed by atoms with Crippen molar-refractivity contribution < 1.29 is 33.2 Å². The molecule has 2 aliphatic heterocycles. The maximum atomic E-state index is 13.0. The Hall–Kier alpha value is -3.35. The molecular weight excluding hydrogens is 412 g/mol. The molecule has 0 saturated heterocycles. The number of hydrogen-bond donors (Lipinski definition) is 0. The number of rotatable bonds is 8. The predicted molar refractivity (Wildman–Crippen MR) is 118 cm³/mol. The van der Waals surface area contributed by atoms with Crippen LogP contribution in [0.3, 0.4) is 0 Å². The summed E-state index contributed by atoms with van der Waals surface area (Å²) >= 11 is 0. The molecule has 0 aromatic heterocycles. The Morgan fingerprint density at radius 3 is 2.62 bits per heavy atom. The molecule has 2 aromatic carbocycles. The van der Waals surface area contributed by atoms with E-state index in [0.717, 1.165) is 18.4 Å². The maximum Gasteiger partial charge on any atom is 0.341 e. The van der Waals surface area contributed by atoms with Gasteiger partial charge >= 0.3 is 5.97 Å². The number of carbonyl (C=O) groups excluding carboxylic acids is 1. The van der Waals surface area contributed by atoms with Crippen LogP contribution in [-0.2, 0) is 14.3 Å². The SMILES string of the molecule is CCCCOc1ccc2c(c1)C(OC(C)C)=C(C(=O)OC)C(c1ccc3c(c1)OCO3)O2. The van der Waals surface area contributed by atoms with Gasteiger partial charge in [-0.1, -0.05) is 19.4 Å². The maximum absolute atomic E-state index is 13.0. The largest absolute Gasteiger partial charge is 0.494 e. The molecule has 7 heteroatoms. The second-order valence-corrected chi connectivity index (χ2v) is 7.87. The van der Waals surface area contributed by atoms with Crippen molar-refractivity contribution in [3.05, 3.63) is 53.1 Å². The van der Waals surface area contributed by atoms with Gasteiger partial charge < -0.3 is 28.4 Å².